The van der Waals surface area contributed by atoms with Crippen molar-refractivity contribution in [3.63, 3.8) is 0 Å². The van der Waals surface area contributed by atoms with E-state index in [1.54, 1.807) is 0 Å². The van der Waals surface area contributed by atoms with Gasteiger partial charge in [-0.25, -0.2) is 0 Å². The molecule has 0 saturated carbocycles. The molecule has 0 spiro atoms. The average molecular weight is 385 g/mol. The zero-order valence-electron chi connectivity index (χ0n) is 14.4. The Morgan fingerprint density at radius 1 is 1.12 bits per heavy atom. The molecule has 6 heteroatoms. The fraction of sp³-hybridized carbons (Fsp3) is 0.250. The minimum atomic E-state index is -0.272. The van der Waals surface area contributed by atoms with Gasteiger partial charge in [0.15, 0.2) is 0 Å². The Bertz CT molecular complexity index is 756. The van der Waals surface area contributed by atoms with Crippen LogP contribution in [0.5, 0.6) is 0 Å². The number of benzene rings is 2. The summed E-state index contributed by atoms with van der Waals surface area (Å²) in [5, 5.41) is 2.88. The minimum Gasteiger partial charge on any atom is -0.344 e. The fourth-order valence-corrected chi connectivity index (χ4v) is 4.32. The number of nitrogens with one attached hydrogen (secondary N) is 1. The normalized spacial score (nSPS) is 17.0. The van der Waals surface area contributed by atoms with Crippen LogP contribution in [0.1, 0.15) is 30.5 Å². The number of amides is 2. The van der Waals surface area contributed by atoms with Crippen molar-refractivity contribution < 1.29 is 9.59 Å². The first kappa shape index (κ1) is 18.6. The molecule has 1 heterocycles. The van der Waals surface area contributed by atoms with E-state index in [0.29, 0.717) is 10.7 Å². The zero-order chi connectivity index (χ0) is 18.5. The molecule has 1 unspecified atom stereocenters. The highest BCUT2D eigenvalue weighted by molar-refractivity contribution is 8.24. The minimum absolute atomic E-state index is 0.0443. The highest BCUT2D eigenvalue weighted by Crippen LogP contribution is 2.29. The van der Waals surface area contributed by atoms with E-state index in [0.717, 1.165) is 11.1 Å². The van der Waals surface area contributed by atoms with Crippen molar-refractivity contribution in [3.8, 4) is 0 Å². The van der Waals surface area contributed by atoms with E-state index in [1.165, 1.54) is 16.7 Å². The molecule has 26 heavy (non-hydrogen) atoms. The second kappa shape index (κ2) is 8.47. The lowest BCUT2D eigenvalue weighted by Crippen LogP contribution is -2.42. The summed E-state index contributed by atoms with van der Waals surface area (Å²) in [6, 6.07) is 19.3. The van der Waals surface area contributed by atoms with Gasteiger partial charge in [0.05, 0.1) is 11.3 Å². The van der Waals surface area contributed by atoms with Crippen LogP contribution in [0, 0.1) is 0 Å². The van der Waals surface area contributed by atoms with Crippen LogP contribution in [0.4, 0.5) is 0 Å². The highest BCUT2D eigenvalue weighted by Gasteiger charge is 2.36. The molecule has 1 aliphatic rings. The predicted molar refractivity (Wildman–Crippen MR) is 109 cm³/mol. The number of thiocarbonyl (C=S) groups is 1. The zero-order valence-corrected chi connectivity index (χ0v) is 16.1. The molecule has 0 bridgehead atoms. The van der Waals surface area contributed by atoms with E-state index >= 15 is 0 Å². The third kappa shape index (κ3) is 4.14. The predicted octanol–water partition coefficient (Wildman–Crippen LogP) is 3.53. The molecule has 134 valence electrons. The van der Waals surface area contributed by atoms with E-state index in [4.69, 9.17) is 12.2 Å². The van der Waals surface area contributed by atoms with Crippen molar-refractivity contribution in [2.75, 3.05) is 6.54 Å². The molecule has 0 aliphatic carbocycles. The van der Waals surface area contributed by atoms with E-state index < -0.39 is 0 Å². The van der Waals surface area contributed by atoms with Gasteiger partial charge < -0.3 is 5.32 Å². The molecule has 4 nitrogen and oxygen atoms in total. The monoisotopic (exact) mass is 384 g/mol. The molecular formula is C20H20N2O2S2. The van der Waals surface area contributed by atoms with E-state index in [-0.39, 0.29) is 29.7 Å². The van der Waals surface area contributed by atoms with Gasteiger partial charge in [0.2, 0.25) is 11.8 Å². The molecule has 2 aromatic carbocycles. The quantitative estimate of drug-likeness (QED) is 0.774. The Hall–Kier alpha value is -2.18. The first-order chi connectivity index (χ1) is 12.6. The summed E-state index contributed by atoms with van der Waals surface area (Å²) in [6.07, 6.45) is 0.707. The second-order valence-electron chi connectivity index (χ2n) is 6.03. The lowest BCUT2D eigenvalue weighted by atomic mass is 9.99. The molecule has 1 fully saturated rings. The van der Waals surface area contributed by atoms with Crippen molar-refractivity contribution in [2.24, 2.45) is 0 Å². The topological polar surface area (TPSA) is 49.4 Å². The maximum absolute atomic E-state index is 12.7. The maximum Gasteiger partial charge on any atom is 0.242 e. The van der Waals surface area contributed by atoms with Gasteiger partial charge in [-0.1, -0.05) is 91.6 Å². The summed E-state index contributed by atoms with van der Waals surface area (Å²) in [5.41, 5.74) is 1.98. The molecule has 2 amide bonds. The Kier molecular flexibility index (Phi) is 6.06. The lowest BCUT2D eigenvalue weighted by Gasteiger charge is -2.22. The van der Waals surface area contributed by atoms with Crippen molar-refractivity contribution in [1.29, 1.82) is 0 Å². The van der Waals surface area contributed by atoms with Gasteiger partial charge >= 0.3 is 0 Å². The van der Waals surface area contributed by atoms with Gasteiger partial charge in [-0.3, -0.25) is 14.5 Å². The number of carbonyl (C=O) groups is 2. The second-order valence-corrected chi connectivity index (χ2v) is 7.86. The maximum atomic E-state index is 12.7. The first-order valence-electron chi connectivity index (χ1n) is 8.51. The Morgan fingerprint density at radius 2 is 1.65 bits per heavy atom. The van der Waals surface area contributed by atoms with Crippen LogP contribution in [0.3, 0.4) is 0 Å². The smallest absolute Gasteiger partial charge is 0.242 e. The third-order valence-corrected chi connectivity index (χ3v) is 6.00. The average Bonchev–Trinajstić information content (AvgIpc) is 2.95. The van der Waals surface area contributed by atoms with E-state index in [1.807, 2.05) is 67.6 Å². The highest BCUT2D eigenvalue weighted by atomic mass is 32.2. The summed E-state index contributed by atoms with van der Waals surface area (Å²) in [6.45, 7) is 1.90. The Labute approximate surface area is 163 Å². The molecule has 0 radical (unpaired) electrons. The van der Waals surface area contributed by atoms with Crippen LogP contribution in [-0.2, 0) is 9.59 Å². The first-order valence-corrected chi connectivity index (χ1v) is 9.80. The number of hydrogen-bond acceptors (Lipinski definition) is 4. The molecule has 1 saturated heterocycles. The van der Waals surface area contributed by atoms with Gasteiger partial charge in [-0.15, -0.1) is 0 Å². The molecule has 1 N–H and O–H groups in total. The fourth-order valence-electron chi connectivity index (χ4n) is 2.90. The van der Waals surface area contributed by atoms with Crippen molar-refractivity contribution in [1.82, 2.24) is 10.2 Å². The van der Waals surface area contributed by atoms with Crippen LogP contribution in [0.25, 0.3) is 0 Å². The number of thioether (sulfide) groups is 1. The van der Waals surface area contributed by atoms with Crippen LogP contribution < -0.4 is 5.32 Å². The van der Waals surface area contributed by atoms with Gasteiger partial charge in [0.1, 0.15) is 10.9 Å². The number of carbonyl (C=O) groups excluding carboxylic acids is 2. The molecule has 1 atom stereocenters. The SMILES string of the molecule is CCC1SC(=S)N(CC(=O)NC(c2ccccc2)c2ccccc2)C1=O. The number of hydrogen-bond donors (Lipinski definition) is 1. The summed E-state index contributed by atoms with van der Waals surface area (Å²) in [5.74, 6) is -0.301. The molecule has 0 aromatic heterocycles. The third-order valence-electron chi connectivity index (χ3n) is 4.25. The van der Waals surface area contributed by atoms with Crippen molar-refractivity contribution >= 4 is 40.1 Å². The van der Waals surface area contributed by atoms with Crippen LogP contribution in [0.2, 0.25) is 0 Å². The Balaban J connectivity index is 1.76. The summed E-state index contributed by atoms with van der Waals surface area (Å²) in [7, 11) is 0. The molecule has 2 aromatic rings. The largest absolute Gasteiger partial charge is 0.344 e. The van der Waals surface area contributed by atoms with Crippen LogP contribution in [0.15, 0.2) is 60.7 Å². The summed E-state index contributed by atoms with van der Waals surface area (Å²) < 4.78 is 0.480. The van der Waals surface area contributed by atoms with Crippen molar-refractivity contribution in [2.45, 2.75) is 24.6 Å². The molecular weight excluding hydrogens is 364 g/mol. The van der Waals surface area contributed by atoms with Crippen LogP contribution >= 0.6 is 24.0 Å². The standard InChI is InChI=1S/C20H20N2O2S2/c1-2-16-19(24)22(20(25)26-16)13-17(23)21-18(14-9-5-3-6-10-14)15-11-7-4-8-12-15/h3-12,16,18H,2,13H2,1H3,(H,21,23). The van der Waals surface area contributed by atoms with Gasteiger partial charge in [-0.2, -0.15) is 0 Å². The van der Waals surface area contributed by atoms with Gasteiger partial charge in [0.25, 0.3) is 0 Å². The summed E-state index contributed by atoms with van der Waals surface area (Å²) in [4.78, 5) is 26.4. The van der Waals surface area contributed by atoms with E-state index in [2.05, 4.69) is 5.32 Å². The van der Waals surface area contributed by atoms with Crippen molar-refractivity contribution in [3.05, 3.63) is 71.8 Å². The lowest BCUT2D eigenvalue weighted by molar-refractivity contribution is -0.131. The number of nitrogens with zero attached hydrogens (tertiary/aromatic N) is 1. The Morgan fingerprint density at radius 3 is 2.12 bits per heavy atom. The van der Waals surface area contributed by atoms with E-state index in [9.17, 15) is 9.59 Å². The van der Waals surface area contributed by atoms with Gasteiger partial charge in [-0.05, 0) is 17.5 Å². The molecule has 3 rings (SSSR count). The molecule has 1 aliphatic heterocycles. The van der Waals surface area contributed by atoms with Crippen LogP contribution in [-0.4, -0.2) is 32.8 Å². The van der Waals surface area contributed by atoms with Gasteiger partial charge in [0, 0.05) is 0 Å². The summed E-state index contributed by atoms with van der Waals surface area (Å²) >= 11 is 6.63. The number of rotatable bonds is 6.